The van der Waals surface area contributed by atoms with Gasteiger partial charge in [-0.1, -0.05) is 30.1 Å². The van der Waals surface area contributed by atoms with Crippen LogP contribution in [0.1, 0.15) is 19.8 Å². The molecule has 7 heteroatoms. The van der Waals surface area contributed by atoms with Crippen molar-refractivity contribution in [2.24, 2.45) is 0 Å². The second-order valence-electron chi connectivity index (χ2n) is 4.34. The first kappa shape index (κ1) is 17.4. The lowest BCUT2D eigenvalue weighted by Gasteiger charge is -2.12. The van der Waals surface area contributed by atoms with Gasteiger partial charge >= 0.3 is 0 Å². The van der Waals surface area contributed by atoms with Crippen molar-refractivity contribution < 1.29 is 9.90 Å². The number of nitrogens with two attached hydrogens (primary N) is 1. The molecule has 112 valence electrons. The maximum atomic E-state index is 11.8. The zero-order valence-electron chi connectivity index (χ0n) is 11.2. The summed E-state index contributed by atoms with van der Waals surface area (Å²) in [5, 5.41) is 12.6. The van der Waals surface area contributed by atoms with Crippen LogP contribution >= 0.6 is 35.0 Å². The minimum atomic E-state index is -0.148. The van der Waals surface area contributed by atoms with Gasteiger partial charge < -0.3 is 16.2 Å². The average Bonchev–Trinajstić information content (AvgIpc) is 2.34. The fourth-order valence-electron chi connectivity index (χ4n) is 1.55. The van der Waals surface area contributed by atoms with Crippen LogP contribution in [0.4, 0.5) is 11.4 Å². The summed E-state index contributed by atoms with van der Waals surface area (Å²) in [5.74, 6) is 0.530. The van der Waals surface area contributed by atoms with Crippen LogP contribution in [0.15, 0.2) is 12.1 Å². The van der Waals surface area contributed by atoms with E-state index in [4.69, 9.17) is 34.0 Å². The number of anilines is 2. The summed E-state index contributed by atoms with van der Waals surface area (Å²) in [6.45, 7) is 2.18. The van der Waals surface area contributed by atoms with Gasteiger partial charge in [0.2, 0.25) is 5.91 Å². The third-order valence-electron chi connectivity index (χ3n) is 2.62. The van der Waals surface area contributed by atoms with Crippen molar-refractivity contribution in [3.05, 3.63) is 22.2 Å². The Morgan fingerprint density at radius 3 is 2.80 bits per heavy atom. The summed E-state index contributed by atoms with van der Waals surface area (Å²) in [4.78, 5) is 11.8. The summed E-state index contributed by atoms with van der Waals surface area (Å²) >= 11 is 13.4. The van der Waals surface area contributed by atoms with Gasteiger partial charge in [0, 0.05) is 29.1 Å². The van der Waals surface area contributed by atoms with E-state index in [0.29, 0.717) is 38.8 Å². The van der Waals surface area contributed by atoms with Crippen LogP contribution in [0, 0.1) is 0 Å². The molecule has 1 rings (SSSR count). The van der Waals surface area contributed by atoms with E-state index in [9.17, 15) is 4.79 Å². The molecule has 4 N–H and O–H groups in total. The average molecular weight is 337 g/mol. The predicted octanol–water partition coefficient (Wildman–Crippen LogP) is 3.41. The van der Waals surface area contributed by atoms with Gasteiger partial charge in [0.05, 0.1) is 16.4 Å². The fraction of sp³-hybridized carbons (Fsp3) is 0.462. The summed E-state index contributed by atoms with van der Waals surface area (Å²) in [7, 11) is 0. The molecule has 0 aliphatic carbocycles. The monoisotopic (exact) mass is 336 g/mol. The quantitative estimate of drug-likeness (QED) is 0.667. The molecule has 0 radical (unpaired) electrons. The molecule has 4 nitrogen and oxygen atoms in total. The zero-order chi connectivity index (χ0) is 15.1. The number of hydrogen-bond acceptors (Lipinski definition) is 4. The maximum absolute atomic E-state index is 11.8. The standard InChI is InChI=1S/C13H18Cl2N2O2S/c1-8(2-4-18)20-5-3-12(19)17-13-10(15)6-9(14)7-11(13)16/h6-8,18H,2-5,16H2,1H3,(H,17,19). The van der Waals surface area contributed by atoms with Crippen LogP contribution in [-0.2, 0) is 4.79 Å². The van der Waals surface area contributed by atoms with Crippen molar-refractivity contribution in [1.82, 2.24) is 0 Å². The number of carbonyl (C=O) groups excluding carboxylic acids is 1. The third kappa shape index (κ3) is 5.79. The molecule has 0 aliphatic rings. The maximum Gasteiger partial charge on any atom is 0.225 e. The van der Waals surface area contributed by atoms with Crippen molar-refractivity contribution in [1.29, 1.82) is 0 Å². The molecule has 1 unspecified atom stereocenters. The zero-order valence-corrected chi connectivity index (χ0v) is 13.5. The molecule has 1 amide bonds. The fourth-order valence-corrected chi connectivity index (χ4v) is 3.08. The third-order valence-corrected chi connectivity index (χ3v) is 4.38. The summed E-state index contributed by atoms with van der Waals surface area (Å²) in [6.07, 6.45) is 1.08. The number of aliphatic hydroxyl groups is 1. The number of nitrogen functional groups attached to an aromatic ring is 1. The number of nitrogens with one attached hydrogen (secondary N) is 1. The highest BCUT2D eigenvalue weighted by Gasteiger charge is 2.11. The molecule has 1 aromatic rings. The highest BCUT2D eigenvalue weighted by atomic mass is 35.5. The summed E-state index contributed by atoms with van der Waals surface area (Å²) in [6, 6.07) is 3.08. The largest absolute Gasteiger partial charge is 0.397 e. The number of aliphatic hydroxyl groups excluding tert-OH is 1. The Labute approximate surface area is 133 Å². The van der Waals surface area contributed by atoms with E-state index < -0.39 is 0 Å². The van der Waals surface area contributed by atoms with Gasteiger partial charge in [-0.15, -0.1) is 0 Å². The van der Waals surface area contributed by atoms with Crippen molar-refractivity contribution in [2.75, 3.05) is 23.4 Å². The topological polar surface area (TPSA) is 75.3 Å². The molecule has 0 heterocycles. The minimum Gasteiger partial charge on any atom is -0.397 e. The lowest BCUT2D eigenvalue weighted by atomic mass is 10.2. The highest BCUT2D eigenvalue weighted by Crippen LogP contribution is 2.32. The van der Waals surface area contributed by atoms with Crippen LogP contribution in [0.3, 0.4) is 0 Å². The van der Waals surface area contributed by atoms with E-state index in [2.05, 4.69) is 5.32 Å². The van der Waals surface area contributed by atoms with Gasteiger partial charge in [0.15, 0.2) is 0 Å². The number of halogens is 2. The van der Waals surface area contributed by atoms with Gasteiger partial charge in [-0.25, -0.2) is 0 Å². The number of hydrogen-bond donors (Lipinski definition) is 3. The second kappa shape index (κ2) is 8.62. The van der Waals surface area contributed by atoms with E-state index in [0.717, 1.165) is 6.42 Å². The molecule has 0 fully saturated rings. The van der Waals surface area contributed by atoms with Crippen molar-refractivity contribution in [3.8, 4) is 0 Å². The number of carbonyl (C=O) groups is 1. The van der Waals surface area contributed by atoms with E-state index >= 15 is 0 Å². The van der Waals surface area contributed by atoms with Crippen molar-refractivity contribution in [2.45, 2.75) is 25.0 Å². The van der Waals surface area contributed by atoms with Crippen LogP contribution in [0.25, 0.3) is 0 Å². The van der Waals surface area contributed by atoms with Crippen LogP contribution < -0.4 is 11.1 Å². The van der Waals surface area contributed by atoms with Gasteiger partial charge in [-0.05, 0) is 18.6 Å². The van der Waals surface area contributed by atoms with Gasteiger partial charge in [-0.2, -0.15) is 11.8 Å². The number of amides is 1. The summed E-state index contributed by atoms with van der Waals surface area (Å²) < 4.78 is 0. The second-order valence-corrected chi connectivity index (χ2v) is 6.73. The van der Waals surface area contributed by atoms with Crippen molar-refractivity contribution in [3.63, 3.8) is 0 Å². The lowest BCUT2D eigenvalue weighted by molar-refractivity contribution is -0.115. The Balaban J connectivity index is 2.47. The van der Waals surface area contributed by atoms with E-state index in [1.807, 2.05) is 6.92 Å². The molecule has 0 aromatic heterocycles. The Kier molecular flexibility index (Phi) is 7.51. The first-order valence-electron chi connectivity index (χ1n) is 6.21. The van der Waals surface area contributed by atoms with Crippen LogP contribution in [-0.4, -0.2) is 28.6 Å². The molecule has 20 heavy (non-hydrogen) atoms. The first-order valence-corrected chi connectivity index (χ1v) is 8.01. The van der Waals surface area contributed by atoms with Crippen LogP contribution in [0.2, 0.25) is 10.0 Å². The first-order chi connectivity index (χ1) is 9.43. The highest BCUT2D eigenvalue weighted by molar-refractivity contribution is 7.99. The van der Waals surface area contributed by atoms with Crippen LogP contribution in [0.5, 0.6) is 0 Å². The van der Waals surface area contributed by atoms with Gasteiger partial charge in [-0.3, -0.25) is 4.79 Å². The Morgan fingerprint density at radius 2 is 2.20 bits per heavy atom. The molecule has 0 saturated carbocycles. The number of benzene rings is 1. The molecular weight excluding hydrogens is 319 g/mol. The molecule has 0 saturated heterocycles. The number of rotatable bonds is 7. The van der Waals surface area contributed by atoms with E-state index in [-0.39, 0.29) is 12.5 Å². The van der Waals surface area contributed by atoms with E-state index in [1.54, 1.807) is 17.8 Å². The molecule has 0 spiro atoms. The Morgan fingerprint density at radius 1 is 1.50 bits per heavy atom. The number of thioether (sulfide) groups is 1. The molecule has 1 atom stereocenters. The van der Waals surface area contributed by atoms with Crippen molar-refractivity contribution >= 4 is 52.2 Å². The molecule has 0 bridgehead atoms. The SMILES string of the molecule is CC(CCO)SCCC(=O)Nc1c(N)cc(Cl)cc1Cl. The normalized spacial score (nSPS) is 12.2. The Bertz CT molecular complexity index is 449. The molecular formula is C13H18Cl2N2O2S. The molecule has 1 aromatic carbocycles. The lowest BCUT2D eigenvalue weighted by Crippen LogP contribution is -2.14. The smallest absolute Gasteiger partial charge is 0.225 e. The van der Waals surface area contributed by atoms with Gasteiger partial charge in [0.1, 0.15) is 0 Å². The minimum absolute atomic E-state index is 0.148. The molecule has 0 aliphatic heterocycles. The predicted molar refractivity (Wildman–Crippen MR) is 87.7 cm³/mol. The van der Waals surface area contributed by atoms with E-state index in [1.165, 1.54) is 6.07 Å². The Hall–Kier alpha value is -0.620. The summed E-state index contributed by atoms with van der Waals surface area (Å²) in [5.41, 5.74) is 6.51. The van der Waals surface area contributed by atoms with Gasteiger partial charge in [0.25, 0.3) is 0 Å².